The van der Waals surface area contributed by atoms with Crippen LogP contribution in [0, 0.1) is 5.82 Å². The Morgan fingerprint density at radius 2 is 2.07 bits per heavy atom. The molecule has 9 nitrogen and oxygen atoms in total. The van der Waals surface area contributed by atoms with E-state index in [1.165, 1.54) is 17.0 Å². The Bertz CT molecular complexity index is 1160. The van der Waals surface area contributed by atoms with Crippen LogP contribution in [0.1, 0.15) is 15.9 Å². The van der Waals surface area contributed by atoms with Crippen LogP contribution >= 0.6 is 0 Å². The number of carbonyl (C=O) groups is 1. The molecule has 0 spiro atoms. The first-order chi connectivity index (χ1) is 13.5. The number of rotatable bonds is 5. The second kappa shape index (κ2) is 6.91. The van der Waals surface area contributed by atoms with Gasteiger partial charge in [0, 0.05) is 17.8 Å². The lowest BCUT2D eigenvalue weighted by atomic mass is 10.2. The van der Waals surface area contributed by atoms with E-state index in [0.717, 1.165) is 6.20 Å². The highest BCUT2D eigenvalue weighted by Gasteiger charge is 2.18. The number of aromatic nitrogens is 5. The average molecular weight is 380 g/mol. The van der Waals surface area contributed by atoms with Crippen molar-refractivity contribution < 1.29 is 18.8 Å². The summed E-state index contributed by atoms with van der Waals surface area (Å²) in [5.74, 6) is -1.63. The summed E-state index contributed by atoms with van der Waals surface area (Å²) in [6.45, 7) is 0.136. The molecule has 0 aliphatic carbocycles. The van der Waals surface area contributed by atoms with Gasteiger partial charge in [0.2, 0.25) is 0 Å². The van der Waals surface area contributed by atoms with Crippen molar-refractivity contribution in [3.8, 4) is 22.9 Å². The molecule has 4 rings (SSSR count). The molecule has 0 radical (unpaired) electrons. The second-order valence-corrected chi connectivity index (χ2v) is 5.85. The van der Waals surface area contributed by atoms with Crippen molar-refractivity contribution in [3.05, 3.63) is 65.8 Å². The zero-order valence-corrected chi connectivity index (χ0v) is 14.3. The standard InChI is InChI=1S/C18H13FN6O3/c19-12-4-2-1-3-10(12)9-25-15(13-5-6-28-24-13)7-14(23-25)17-21-8-11(18(26)27)16(20)22-17/h1-8H,9H2,(H,26,27)(H2,20,21,22). The van der Waals surface area contributed by atoms with Gasteiger partial charge in [-0.05, 0) is 12.1 Å². The fourth-order valence-corrected chi connectivity index (χ4v) is 2.67. The molecule has 1 aromatic carbocycles. The molecule has 0 saturated carbocycles. The van der Waals surface area contributed by atoms with E-state index in [1.807, 2.05) is 0 Å². The van der Waals surface area contributed by atoms with Gasteiger partial charge >= 0.3 is 5.97 Å². The zero-order chi connectivity index (χ0) is 19.7. The number of hydrogen-bond acceptors (Lipinski definition) is 7. The lowest BCUT2D eigenvalue weighted by Gasteiger charge is -2.06. The van der Waals surface area contributed by atoms with Gasteiger partial charge in [-0.25, -0.2) is 19.2 Å². The topological polar surface area (TPSA) is 133 Å². The summed E-state index contributed by atoms with van der Waals surface area (Å²) in [5.41, 5.74) is 7.31. The van der Waals surface area contributed by atoms with E-state index in [4.69, 9.17) is 15.4 Å². The summed E-state index contributed by atoms with van der Waals surface area (Å²) in [6, 6.07) is 9.64. The molecule has 4 aromatic rings. The lowest BCUT2D eigenvalue weighted by Crippen LogP contribution is -2.08. The van der Waals surface area contributed by atoms with Gasteiger partial charge in [0.25, 0.3) is 0 Å². The Hall–Kier alpha value is -4.08. The smallest absolute Gasteiger partial charge is 0.341 e. The fourth-order valence-electron chi connectivity index (χ4n) is 2.67. The van der Waals surface area contributed by atoms with Crippen molar-refractivity contribution >= 4 is 11.8 Å². The molecule has 0 unspecified atom stereocenters. The number of nitrogens with two attached hydrogens (primary N) is 1. The summed E-state index contributed by atoms with van der Waals surface area (Å²) in [7, 11) is 0. The third-order valence-electron chi connectivity index (χ3n) is 4.04. The number of anilines is 1. The fraction of sp³-hybridized carbons (Fsp3) is 0.0556. The maximum absolute atomic E-state index is 14.1. The van der Waals surface area contributed by atoms with Crippen molar-refractivity contribution in [1.29, 1.82) is 0 Å². The zero-order valence-electron chi connectivity index (χ0n) is 14.3. The normalized spacial score (nSPS) is 10.9. The maximum Gasteiger partial charge on any atom is 0.341 e. The Morgan fingerprint density at radius 3 is 2.75 bits per heavy atom. The number of nitrogen functional groups attached to an aromatic ring is 1. The molecule has 0 bridgehead atoms. The van der Waals surface area contributed by atoms with Crippen molar-refractivity contribution in [2.75, 3.05) is 5.73 Å². The van der Waals surface area contributed by atoms with Gasteiger partial charge in [0.1, 0.15) is 34.8 Å². The number of aromatic carboxylic acids is 1. The van der Waals surface area contributed by atoms with Crippen LogP contribution in [0.2, 0.25) is 0 Å². The third kappa shape index (κ3) is 3.18. The van der Waals surface area contributed by atoms with E-state index >= 15 is 0 Å². The highest BCUT2D eigenvalue weighted by atomic mass is 19.1. The Labute approximate surface area is 157 Å². The van der Waals surface area contributed by atoms with E-state index < -0.39 is 5.97 Å². The van der Waals surface area contributed by atoms with E-state index in [-0.39, 0.29) is 29.6 Å². The van der Waals surface area contributed by atoms with E-state index in [0.29, 0.717) is 22.6 Å². The lowest BCUT2D eigenvalue weighted by molar-refractivity contribution is 0.0697. The van der Waals surface area contributed by atoms with Crippen LogP contribution in [-0.2, 0) is 6.54 Å². The van der Waals surface area contributed by atoms with Crippen LogP contribution in [0.3, 0.4) is 0 Å². The van der Waals surface area contributed by atoms with Crippen LogP contribution in [0.25, 0.3) is 22.9 Å². The molecular formula is C18H13FN6O3. The third-order valence-corrected chi connectivity index (χ3v) is 4.04. The predicted octanol–water partition coefficient (Wildman–Crippen LogP) is 2.46. The van der Waals surface area contributed by atoms with Gasteiger partial charge in [-0.15, -0.1) is 0 Å². The number of benzene rings is 1. The van der Waals surface area contributed by atoms with Crippen molar-refractivity contribution in [3.63, 3.8) is 0 Å². The minimum atomic E-state index is -1.22. The monoisotopic (exact) mass is 380 g/mol. The molecule has 3 N–H and O–H groups in total. The first-order valence-corrected chi connectivity index (χ1v) is 8.11. The second-order valence-electron chi connectivity index (χ2n) is 5.85. The maximum atomic E-state index is 14.1. The van der Waals surface area contributed by atoms with Crippen molar-refractivity contribution in [2.24, 2.45) is 0 Å². The van der Waals surface area contributed by atoms with Crippen LogP contribution < -0.4 is 5.73 Å². The summed E-state index contributed by atoms with van der Waals surface area (Å²) in [5, 5.41) is 17.4. The molecule has 0 atom stereocenters. The van der Waals surface area contributed by atoms with Crippen LogP contribution in [0.15, 0.2) is 53.4 Å². The van der Waals surface area contributed by atoms with Gasteiger partial charge < -0.3 is 15.4 Å². The van der Waals surface area contributed by atoms with Crippen LogP contribution in [0.4, 0.5) is 10.2 Å². The molecule has 0 fully saturated rings. The highest BCUT2D eigenvalue weighted by Crippen LogP contribution is 2.25. The number of nitrogens with zero attached hydrogens (tertiary/aromatic N) is 5. The van der Waals surface area contributed by atoms with E-state index in [2.05, 4.69) is 20.2 Å². The average Bonchev–Trinajstić information content (AvgIpc) is 3.33. The number of halogens is 1. The Morgan fingerprint density at radius 1 is 1.25 bits per heavy atom. The quantitative estimate of drug-likeness (QED) is 0.539. The minimum Gasteiger partial charge on any atom is -0.477 e. The number of hydrogen-bond donors (Lipinski definition) is 2. The largest absolute Gasteiger partial charge is 0.477 e. The van der Waals surface area contributed by atoms with Gasteiger partial charge in [0.05, 0.1) is 12.2 Å². The predicted molar refractivity (Wildman–Crippen MR) is 95.6 cm³/mol. The van der Waals surface area contributed by atoms with Gasteiger partial charge in [0.15, 0.2) is 5.82 Å². The van der Waals surface area contributed by atoms with E-state index in [1.54, 1.807) is 30.3 Å². The molecule has 0 saturated heterocycles. The number of carboxylic acids is 1. The summed E-state index contributed by atoms with van der Waals surface area (Å²) in [4.78, 5) is 19.1. The van der Waals surface area contributed by atoms with Crippen molar-refractivity contribution in [1.82, 2.24) is 24.9 Å². The molecule has 140 valence electrons. The molecule has 3 heterocycles. The van der Waals surface area contributed by atoms with Gasteiger partial charge in [-0.1, -0.05) is 23.4 Å². The summed E-state index contributed by atoms with van der Waals surface area (Å²) < 4.78 is 20.5. The molecule has 0 aliphatic heterocycles. The molecule has 28 heavy (non-hydrogen) atoms. The Balaban J connectivity index is 1.79. The molecule has 3 aromatic heterocycles. The summed E-state index contributed by atoms with van der Waals surface area (Å²) in [6.07, 6.45) is 2.53. The highest BCUT2D eigenvalue weighted by molar-refractivity contribution is 5.92. The van der Waals surface area contributed by atoms with E-state index in [9.17, 15) is 9.18 Å². The molecule has 10 heteroatoms. The van der Waals surface area contributed by atoms with Crippen LogP contribution in [0.5, 0.6) is 0 Å². The summed E-state index contributed by atoms with van der Waals surface area (Å²) >= 11 is 0. The van der Waals surface area contributed by atoms with Crippen LogP contribution in [-0.4, -0.2) is 36.0 Å². The van der Waals surface area contributed by atoms with Gasteiger partial charge in [-0.3, -0.25) is 4.68 Å². The molecule has 0 amide bonds. The number of carboxylic acid groups (broad SMARTS) is 1. The molecule has 0 aliphatic rings. The van der Waals surface area contributed by atoms with Crippen molar-refractivity contribution in [2.45, 2.75) is 6.54 Å². The SMILES string of the molecule is Nc1nc(-c2cc(-c3ccon3)n(Cc3ccccc3F)n2)ncc1C(=O)O. The first kappa shape index (κ1) is 17.3. The minimum absolute atomic E-state index is 0.136. The molecular weight excluding hydrogens is 367 g/mol. The Kier molecular flexibility index (Phi) is 4.28. The first-order valence-electron chi connectivity index (χ1n) is 8.11. The van der Waals surface area contributed by atoms with Gasteiger partial charge in [-0.2, -0.15) is 5.10 Å².